The lowest BCUT2D eigenvalue weighted by molar-refractivity contribution is -0.113. The van der Waals surface area contributed by atoms with Crippen LogP contribution in [0.4, 0.5) is 16.5 Å². The first-order valence-electron chi connectivity index (χ1n) is 7.98. The molecule has 3 aromatic rings. The summed E-state index contributed by atoms with van der Waals surface area (Å²) in [6, 6.07) is 14.8. The average Bonchev–Trinajstić information content (AvgIpc) is 3.14. The smallest absolute Gasteiger partial charge is 0.234 e. The first-order chi connectivity index (χ1) is 13.2. The van der Waals surface area contributed by atoms with Crippen LogP contribution in [0, 0.1) is 0 Å². The third-order valence-corrected chi connectivity index (χ3v) is 5.41. The molecular formula is C18H18N4O3S2. The maximum Gasteiger partial charge on any atom is 0.234 e. The molecule has 7 nitrogen and oxygen atoms in total. The third-order valence-electron chi connectivity index (χ3n) is 3.44. The molecule has 27 heavy (non-hydrogen) atoms. The molecule has 0 radical (unpaired) electrons. The summed E-state index contributed by atoms with van der Waals surface area (Å²) in [7, 11) is 3.20. The Morgan fingerprint density at radius 2 is 1.96 bits per heavy atom. The number of thioether (sulfide) groups is 1. The zero-order chi connectivity index (χ0) is 19.1. The molecule has 0 aliphatic rings. The summed E-state index contributed by atoms with van der Waals surface area (Å²) in [5.74, 6) is 1.53. The van der Waals surface area contributed by atoms with Crippen LogP contribution in [-0.2, 0) is 4.79 Å². The highest BCUT2D eigenvalue weighted by molar-refractivity contribution is 8.01. The fourth-order valence-corrected chi connectivity index (χ4v) is 3.77. The SMILES string of the molecule is COc1cccc(NC(=O)CSc2nnc(Nc3ccccc3OC)s2)c1. The van der Waals surface area contributed by atoms with Crippen LogP contribution in [0.1, 0.15) is 0 Å². The molecule has 0 atom stereocenters. The van der Waals surface area contributed by atoms with Gasteiger partial charge in [-0.25, -0.2) is 0 Å². The van der Waals surface area contributed by atoms with Gasteiger partial charge >= 0.3 is 0 Å². The number of aromatic nitrogens is 2. The van der Waals surface area contributed by atoms with Crippen LogP contribution in [0.25, 0.3) is 0 Å². The lowest BCUT2D eigenvalue weighted by Crippen LogP contribution is -2.13. The van der Waals surface area contributed by atoms with Crippen molar-refractivity contribution in [1.29, 1.82) is 0 Å². The van der Waals surface area contributed by atoms with Crippen LogP contribution in [0.3, 0.4) is 0 Å². The van der Waals surface area contributed by atoms with Crippen LogP contribution < -0.4 is 20.1 Å². The Balaban J connectivity index is 1.54. The standard InChI is InChI=1S/C18H18N4O3S2/c1-24-13-7-5-6-12(10-13)19-16(23)11-26-18-22-21-17(27-18)20-14-8-3-4-9-15(14)25-2/h3-10H,11H2,1-2H3,(H,19,23)(H,20,21). The minimum Gasteiger partial charge on any atom is -0.497 e. The minimum absolute atomic E-state index is 0.123. The van der Waals surface area contributed by atoms with Crippen molar-refractivity contribution in [2.24, 2.45) is 0 Å². The highest BCUT2D eigenvalue weighted by Gasteiger charge is 2.10. The number of para-hydroxylation sites is 2. The van der Waals surface area contributed by atoms with Gasteiger partial charge < -0.3 is 20.1 Å². The van der Waals surface area contributed by atoms with Gasteiger partial charge in [0.1, 0.15) is 11.5 Å². The van der Waals surface area contributed by atoms with Gasteiger partial charge in [-0.15, -0.1) is 10.2 Å². The van der Waals surface area contributed by atoms with Crippen molar-refractivity contribution < 1.29 is 14.3 Å². The Morgan fingerprint density at radius 3 is 2.78 bits per heavy atom. The van der Waals surface area contributed by atoms with Gasteiger partial charge in [-0.3, -0.25) is 4.79 Å². The molecule has 0 aliphatic carbocycles. The van der Waals surface area contributed by atoms with E-state index >= 15 is 0 Å². The van der Waals surface area contributed by atoms with Crippen molar-refractivity contribution in [3.05, 3.63) is 48.5 Å². The molecule has 1 amide bonds. The molecule has 3 rings (SSSR count). The molecule has 0 saturated heterocycles. The molecule has 0 fully saturated rings. The van der Waals surface area contributed by atoms with Crippen molar-refractivity contribution in [3.8, 4) is 11.5 Å². The summed E-state index contributed by atoms with van der Waals surface area (Å²) in [5, 5.41) is 14.9. The number of amides is 1. The maximum atomic E-state index is 12.1. The van der Waals surface area contributed by atoms with E-state index in [1.54, 1.807) is 20.3 Å². The first-order valence-corrected chi connectivity index (χ1v) is 9.78. The third kappa shape index (κ3) is 5.35. The Labute approximate surface area is 165 Å². The number of carbonyl (C=O) groups excluding carboxylic acids is 1. The monoisotopic (exact) mass is 402 g/mol. The molecule has 0 saturated carbocycles. The number of methoxy groups -OCH3 is 2. The van der Waals surface area contributed by atoms with Crippen LogP contribution in [0.2, 0.25) is 0 Å². The highest BCUT2D eigenvalue weighted by atomic mass is 32.2. The van der Waals surface area contributed by atoms with Crippen molar-refractivity contribution in [2.45, 2.75) is 4.34 Å². The Kier molecular flexibility index (Phi) is 6.50. The van der Waals surface area contributed by atoms with Crippen LogP contribution in [-0.4, -0.2) is 36.1 Å². The minimum atomic E-state index is -0.123. The predicted molar refractivity (Wildman–Crippen MR) is 109 cm³/mol. The lowest BCUT2D eigenvalue weighted by atomic mass is 10.3. The number of hydrogen-bond donors (Lipinski definition) is 2. The van der Waals surface area contributed by atoms with E-state index in [0.29, 0.717) is 20.9 Å². The number of carbonyl (C=O) groups is 1. The first kappa shape index (κ1) is 19.0. The molecule has 9 heteroatoms. The number of benzene rings is 2. The summed E-state index contributed by atoms with van der Waals surface area (Å²) in [6.45, 7) is 0. The molecule has 140 valence electrons. The van der Waals surface area contributed by atoms with Crippen molar-refractivity contribution in [1.82, 2.24) is 10.2 Å². The second kappa shape index (κ2) is 9.24. The number of ether oxygens (including phenoxy) is 2. The Bertz CT molecular complexity index is 917. The fourth-order valence-electron chi connectivity index (χ4n) is 2.21. The van der Waals surface area contributed by atoms with Gasteiger partial charge in [0, 0.05) is 11.8 Å². The van der Waals surface area contributed by atoms with Gasteiger partial charge in [-0.05, 0) is 24.3 Å². The Morgan fingerprint density at radius 1 is 1.11 bits per heavy atom. The van der Waals surface area contributed by atoms with E-state index in [9.17, 15) is 4.79 Å². The van der Waals surface area contributed by atoms with Crippen LogP contribution >= 0.6 is 23.1 Å². The van der Waals surface area contributed by atoms with Gasteiger partial charge in [-0.2, -0.15) is 0 Å². The van der Waals surface area contributed by atoms with E-state index in [1.165, 1.54) is 23.1 Å². The van der Waals surface area contributed by atoms with Gasteiger partial charge in [0.05, 0.1) is 25.7 Å². The van der Waals surface area contributed by atoms with Gasteiger partial charge in [0.2, 0.25) is 11.0 Å². The summed E-state index contributed by atoms with van der Waals surface area (Å²) < 4.78 is 11.2. The normalized spacial score (nSPS) is 10.3. The van der Waals surface area contributed by atoms with Gasteiger partial charge in [-0.1, -0.05) is 41.3 Å². The molecule has 0 aliphatic heterocycles. The van der Waals surface area contributed by atoms with E-state index in [0.717, 1.165) is 11.4 Å². The van der Waals surface area contributed by atoms with E-state index in [1.807, 2.05) is 42.5 Å². The summed E-state index contributed by atoms with van der Waals surface area (Å²) in [5.41, 5.74) is 1.50. The molecule has 1 heterocycles. The molecule has 2 aromatic carbocycles. The summed E-state index contributed by atoms with van der Waals surface area (Å²) in [4.78, 5) is 12.1. The zero-order valence-corrected chi connectivity index (χ0v) is 16.4. The molecule has 0 unspecified atom stereocenters. The van der Waals surface area contributed by atoms with E-state index in [-0.39, 0.29) is 11.7 Å². The average molecular weight is 403 g/mol. The number of rotatable bonds is 8. The summed E-state index contributed by atoms with van der Waals surface area (Å²) >= 11 is 2.70. The van der Waals surface area contributed by atoms with Crippen LogP contribution in [0.5, 0.6) is 11.5 Å². The number of nitrogens with zero attached hydrogens (tertiary/aromatic N) is 2. The lowest BCUT2D eigenvalue weighted by Gasteiger charge is -2.07. The van der Waals surface area contributed by atoms with Crippen molar-refractivity contribution >= 4 is 45.5 Å². The number of nitrogens with one attached hydrogen (secondary N) is 2. The van der Waals surface area contributed by atoms with Crippen LogP contribution in [0.15, 0.2) is 52.9 Å². The second-order valence-corrected chi connectivity index (χ2v) is 7.47. The fraction of sp³-hybridized carbons (Fsp3) is 0.167. The van der Waals surface area contributed by atoms with E-state index in [4.69, 9.17) is 9.47 Å². The molecule has 0 bridgehead atoms. The van der Waals surface area contributed by atoms with Gasteiger partial charge in [0.15, 0.2) is 4.34 Å². The zero-order valence-electron chi connectivity index (χ0n) is 14.8. The van der Waals surface area contributed by atoms with E-state index < -0.39 is 0 Å². The maximum absolute atomic E-state index is 12.1. The largest absolute Gasteiger partial charge is 0.497 e. The number of anilines is 3. The highest BCUT2D eigenvalue weighted by Crippen LogP contribution is 2.31. The topological polar surface area (TPSA) is 85.4 Å². The molecule has 0 spiro atoms. The second-order valence-electron chi connectivity index (χ2n) is 5.27. The summed E-state index contributed by atoms with van der Waals surface area (Å²) in [6.07, 6.45) is 0. The number of hydrogen-bond acceptors (Lipinski definition) is 8. The van der Waals surface area contributed by atoms with Gasteiger partial charge in [0.25, 0.3) is 0 Å². The molecular weight excluding hydrogens is 384 g/mol. The quantitative estimate of drug-likeness (QED) is 0.550. The Hall–Kier alpha value is -2.78. The molecule has 2 N–H and O–H groups in total. The van der Waals surface area contributed by atoms with E-state index in [2.05, 4.69) is 20.8 Å². The molecule has 1 aromatic heterocycles. The van der Waals surface area contributed by atoms with Crippen molar-refractivity contribution in [3.63, 3.8) is 0 Å². The van der Waals surface area contributed by atoms with Crippen molar-refractivity contribution in [2.75, 3.05) is 30.6 Å². The predicted octanol–water partition coefficient (Wildman–Crippen LogP) is 4.03.